The van der Waals surface area contributed by atoms with Crippen molar-refractivity contribution in [2.75, 3.05) is 33.1 Å². The van der Waals surface area contributed by atoms with E-state index in [0.717, 1.165) is 32.4 Å². The third-order valence-corrected chi connectivity index (χ3v) is 2.16. The highest BCUT2D eigenvalue weighted by molar-refractivity contribution is 6.17. The van der Waals surface area contributed by atoms with E-state index in [0.29, 0.717) is 12.3 Å². The Kier molecular flexibility index (Phi) is 9.10. The summed E-state index contributed by atoms with van der Waals surface area (Å²) in [6.07, 6.45) is 3.50. The smallest absolute Gasteiger partial charge is 0.220 e. The maximum atomic E-state index is 11.1. The summed E-state index contributed by atoms with van der Waals surface area (Å²) in [6, 6.07) is 0. The Bertz CT molecular complexity index is 151. The van der Waals surface area contributed by atoms with Gasteiger partial charge >= 0.3 is 0 Å². The van der Waals surface area contributed by atoms with Crippen LogP contribution in [0.4, 0.5) is 0 Å². The van der Waals surface area contributed by atoms with E-state index in [9.17, 15) is 4.79 Å². The molecule has 84 valence electrons. The van der Waals surface area contributed by atoms with Crippen LogP contribution in [0.5, 0.6) is 0 Å². The van der Waals surface area contributed by atoms with E-state index >= 15 is 0 Å². The van der Waals surface area contributed by atoms with Crippen molar-refractivity contribution in [1.29, 1.82) is 0 Å². The van der Waals surface area contributed by atoms with Crippen molar-refractivity contribution in [3.63, 3.8) is 0 Å². The molecule has 0 aliphatic heterocycles. The van der Waals surface area contributed by atoms with Crippen LogP contribution in [0.3, 0.4) is 0 Å². The van der Waals surface area contributed by atoms with Gasteiger partial charge < -0.3 is 10.2 Å². The minimum Gasteiger partial charge on any atom is -0.356 e. The number of hydrogen-bond donors (Lipinski definition) is 1. The lowest BCUT2D eigenvalue weighted by Gasteiger charge is -2.09. The lowest BCUT2D eigenvalue weighted by atomic mass is 10.3. The van der Waals surface area contributed by atoms with E-state index in [1.807, 2.05) is 0 Å². The van der Waals surface area contributed by atoms with Gasteiger partial charge in [0.05, 0.1) is 0 Å². The summed E-state index contributed by atoms with van der Waals surface area (Å²) in [5.74, 6) is 0.684. The van der Waals surface area contributed by atoms with Crippen molar-refractivity contribution in [2.45, 2.75) is 25.7 Å². The lowest BCUT2D eigenvalue weighted by molar-refractivity contribution is -0.121. The van der Waals surface area contributed by atoms with Gasteiger partial charge in [-0.25, -0.2) is 0 Å². The van der Waals surface area contributed by atoms with E-state index < -0.39 is 0 Å². The quantitative estimate of drug-likeness (QED) is 0.496. The normalized spacial score (nSPS) is 10.6. The molecule has 0 aromatic rings. The number of nitrogens with one attached hydrogen (secondary N) is 1. The number of rotatable bonds is 8. The Balaban J connectivity index is 3.15. The monoisotopic (exact) mass is 220 g/mol. The molecule has 0 atom stereocenters. The molecule has 0 saturated heterocycles. The summed E-state index contributed by atoms with van der Waals surface area (Å²) in [4.78, 5) is 13.3. The fraction of sp³-hybridized carbons (Fsp3) is 0.900. The molecule has 3 nitrogen and oxygen atoms in total. The van der Waals surface area contributed by atoms with Crippen LogP contribution in [0.2, 0.25) is 0 Å². The molecular formula is C10H21ClN2O. The Morgan fingerprint density at radius 1 is 1.29 bits per heavy atom. The zero-order valence-electron chi connectivity index (χ0n) is 9.18. The van der Waals surface area contributed by atoms with Gasteiger partial charge in [0.25, 0.3) is 0 Å². The average molecular weight is 221 g/mol. The number of carbonyl (C=O) groups excluding carboxylic acids is 1. The predicted molar refractivity (Wildman–Crippen MR) is 60.8 cm³/mol. The van der Waals surface area contributed by atoms with Crippen LogP contribution < -0.4 is 5.32 Å². The minimum absolute atomic E-state index is 0.121. The Labute approximate surface area is 91.8 Å². The van der Waals surface area contributed by atoms with Crippen LogP contribution in [-0.2, 0) is 4.79 Å². The van der Waals surface area contributed by atoms with Gasteiger partial charge in [0, 0.05) is 18.8 Å². The van der Waals surface area contributed by atoms with Gasteiger partial charge in [-0.1, -0.05) is 0 Å². The maximum Gasteiger partial charge on any atom is 0.220 e. The Morgan fingerprint density at radius 3 is 2.57 bits per heavy atom. The molecule has 0 rings (SSSR count). The number of unbranched alkanes of at least 4 members (excludes halogenated alkanes) is 1. The Hall–Kier alpha value is -0.280. The maximum absolute atomic E-state index is 11.1. The van der Waals surface area contributed by atoms with Gasteiger partial charge in [-0.15, -0.1) is 11.6 Å². The van der Waals surface area contributed by atoms with Crippen molar-refractivity contribution in [1.82, 2.24) is 10.2 Å². The molecule has 0 aliphatic carbocycles. The van der Waals surface area contributed by atoms with Crippen LogP contribution in [-0.4, -0.2) is 43.9 Å². The molecular weight excluding hydrogens is 200 g/mol. The number of halogens is 1. The summed E-state index contributed by atoms with van der Waals surface area (Å²) in [7, 11) is 4.11. The molecule has 0 spiro atoms. The molecule has 0 bridgehead atoms. The van der Waals surface area contributed by atoms with Crippen molar-refractivity contribution in [3.05, 3.63) is 0 Å². The molecule has 0 aromatic carbocycles. The highest BCUT2D eigenvalue weighted by Crippen LogP contribution is 1.93. The highest BCUT2D eigenvalue weighted by Gasteiger charge is 1.99. The second-order valence-corrected chi connectivity index (χ2v) is 4.03. The number of hydrogen-bond acceptors (Lipinski definition) is 2. The summed E-state index contributed by atoms with van der Waals surface area (Å²) in [5.41, 5.74) is 0. The average Bonchev–Trinajstić information content (AvgIpc) is 2.13. The second kappa shape index (κ2) is 9.28. The molecule has 1 N–H and O–H groups in total. The van der Waals surface area contributed by atoms with E-state index in [2.05, 4.69) is 24.3 Å². The van der Waals surface area contributed by atoms with Gasteiger partial charge in [-0.3, -0.25) is 4.79 Å². The zero-order chi connectivity index (χ0) is 10.8. The molecule has 14 heavy (non-hydrogen) atoms. The zero-order valence-corrected chi connectivity index (χ0v) is 9.94. The van der Waals surface area contributed by atoms with E-state index in [-0.39, 0.29) is 5.91 Å². The predicted octanol–water partition coefficient (Wildman–Crippen LogP) is 1.46. The van der Waals surface area contributed by atoms with Crippen LogP contribution in [0.1, 0.15) is 25.7 Å². The van der Waals surface area contributed by atoms with Crippen molar-refractivity contribution >= 4 is 17.5 Å². The summed E-state index contributed by atoms with van der Waals surface area (Å²) in [6.45, 7) is 1.87. The topological polar surface area (TPSA) is 32.3 Å². The third-order valence-electron chi connectivity index (χ3n) is 1.89. The van der Waals surface area contributed by atoms with E-state index in [1.165, 1.54) is 0 Å². The molecule has 0 aliphatic rings. The molecule has 4 heteroatoms. The summed E-state index contributed by atoms with van der Waals surface area (Å²) < 4.78 is 0. The number of nitrogens with zero attached hydrogens (tertiary/aromatic N) is 1. The van der Waals surface area contributed by atoms with Gasteiger partial charge in [0.2, 0.25) is 5.91 Å². The van der Waals surface area contributed by atoms with Crippen LogP contribution in [0.15, 0.2) is 0 Å². The molecule has 0 unspecified atom stereocenters. The first-order valence-electron chi connectivity index (χ1n) is 5.14. The number of alkyl halides is 1. The lowest BCUT2D eigenvalue weighted by Crippen LogP contribution is -2.25. The summed E-state index contributed by atoms with van der Waals surface area (Å²) in [5, 5.41) is 2.88. The van der Waals surface area contributed by atoms with Gasteiger partial charge in [0.15, 0.2) is 0 Å². The second-order valence-electron chi connectivity index (χ2n) is 3.65. The van der Waals surface area contributed by atoms with E-state index in [1.54, 1.807) is 0 Å². The molecule has 0 fully saturated rings. The van der Waals surface area contributed by atoms with Crippen molar-refractivity contribution in [3.8, 4) is 0 Å². The highest BCUT2D eigenvalue weighted by atomic mass is 35.5. The van der Waals surface area contributed by atoms with Gasteiger partial charge in [-0.05, 0) is 39.9 Å². The SMILES string of the molecule is CN(C)CCCCNC(=O)CCCCl. The first-order chi connectivity index (χ1) is 6.66. The first-order valence-corrected chi connectivity index (χ1v) is 5.67. The molecule has 0 radical (unpaired) electrons. The molecule has 1 amide bonds. The number of amides is 1. The standard InChI is InChI=1S/C10H21ClN2O/c1-13(2)9-4-3-8-12-10(14)6-5-7-11/h3-9H2,1-2H3,(H,12,14). The van der Waals surface area contributed by atoms with Gasteiger partial charge in [-0.2, -0.15) is 0 Å². The fourth-order valence-electron chi connectivity index (χ4n) is 1.10. The number of carbonyl (C=O) groups is 1. The van der Waals surface area contributed by atoms with Gasteiger partial charge in [0.1, 0.15) is 0 Å². The molecule has 0 saturated carbocycles. The largest absolute Gasteiger partial charge is 0.356 e. The third kappa shape index (κ3) is 9.81. The minimum atomic E-state index is 0.121. The molecule has 0 heterocycles. The molecule has 0 aromatic heterocycles. The van der Waals surface area contributed by atoms with E-state index in [4.69, 9.17) is 11.6 Å². The van der Waals surface area contributed by atoms with Crippen molar-refractivity contribution < 1.29 is 4.79 Å². The van der Waals surface area contributed by atoms with Crippen LogP contribution in [0, 0.1) is 0 Å². The first kappa shape index (κ1) is 13.7. The fourth-order valence-corrected chi connectivity index (χ4v) is 1.23. The van der Waals surface area contributed by atoms with Crippen molar-refractivity contribution in [2.24, 2.45) is 0 Å². The van der Waals surface area contributed by atoms with Crippen LogP contribution in [0.25, 0.3) is 0 Å². The summed E-state index contributed by atoms with van der Waals surface area (Å²) >= 11 is 5.48. The van der Waals surface area contributed by atoms with Crippen LogP contribution >= 0.6 is 11.6 Å². The Morgan fingerprint density at radius 2 is 2.00 bits per heavy atom.